The Morgan fingerprint density at radius 2 is 1.79 bits per heavy atom. The van der Waals surface area contributed by atoms with Crippen LogP contribution in [0.3, 0.4) is 0 Å². The monoisotopic (exact) mass is 296 g/mol. The number of rotatable bonds is 3. The third-order valence-corrected chi connectivity index (χ3v) is 4.47. The van der Waals surface area contributed by atoms with Crippen LogP contribution in [0.4, 0.5) is 11.4 Å². The SMILES string of the molecule is Cc1cc(S(=O)(=O)Nc2ccccc2)cc(N)c1Cl. The van der Waals surface area contributed by atoms with Gasteiger partial charge in [-0.15, -0.1) is 0 Å². The fraction of sp³-hybridized carbons (Fsp3) is 0.0769. The van der Waals surface area contributed by atoms with E-state index in [0.29, 0.717) is 16.3 Å². The number of sulfonamides is 1. The molecular weight excluding hydrogens is 284 g/mol. The van der Waals surface area contributed by atoms with E-state index < -0.39 is 10.0 Å². The Morgan fingerprint density at radius 1 is 1.16 bits per heavy atom. The predicted molar refractivity (Wildman–Crippen MR) is 77.9 cm³/mol. The third-order valence-electron chi connectivity index (χ3n) is 2.59. The highest BCUT2D eigenvalue weighted by Crippen LogP contribution is 2.27. The van der Waals surface area contributed by atoms with E-state index in [2.05, 4.69) is 4.72 Å². The van der Waals surface area contributed by atoms with Crippen molar-refractivity contribution in [2.45, 2.75) is 11.8 Å². The van der Waals surface area contributed by atoms with Crippen LogP contribution < -0.4 is 10.5 Å². The van der Waals surface area contributed by atoms with Crippen molar-refractivity contribution in [1.29, 1.82) is 0 Å². The van der Waals surface area contributed by atoms with Crippen molar-refractivity contribution in [3.8, 4) is 0 Å². The summed E-state index contributed by atoms with van der Waals surface area (Å²) in [5.41, 5.74) is 7.05. The molecule has 0 fully saturated rings. The van der Waals surface area contributed by atoms with Gasteiger partial charge in [0.25, 0.3) is 10.0 Å². The molecule has 4 nitrogen and oxygen atoms in total. The summed E-state index contributed by atoms with van der Waals surface area (Å²) in [5, 5.41) is 0.374. The van der Waals surface area contributed by atoms with E-state index in [1.165, 1.54) is 12.1 Å². The van der Waals surface area contributed by atoms with Gasteiger partial charge in [-0.1, -0.05) is 29.8 Å². The molecule has 0 saturated heterocycles. The van der Waals surface area contributed by atoms with Crippen molar-refractivity contribution in [1.82, 2.24) is 0 Å². The number of aryl methyl sites for hydroxylation is 1. The summed E-state index contributed by atoms with van der Waals surface area (Å²) in [4.78, 5) is 0.0933. The lowest BCUT2D eigenvalue weighted by atomic mass is 10.2. The standard InChI is InChI=1S/C13H13ClN2O2S/c1-9-7-11(8-12(15)13(9)14)19(17,18)16-10-5-3-2-4-6-10/h2-8,16H,15H2,1H3. The number of nitrogen functional groups attached to an aromatic ring is 1. The van der Waals surface area contributed by atoms with Gasteiger partial charge in [-0.05, 0) is 36.8 Å². The second-order valence-electron chi connectivity index (χ2n) is 4.11. The quantitative estimate of drug-likeness (QED) is 0.855. The molecule has 2 rings (SSSR count). The van der Waals surface area contributed by atoms with E-state index in [4.69, 9.17) is 17.3 Å². The maximum absolute atomic E-state index is 12.2. The summed E-state index contributed by atoms with van der Waals surface area (Å²) in [5.74, 6) is 0. The van der Waals surface area contributed by atoms with Crippen molar-refractivity contribution in [2.75, 3.05) is 10.5 Å². The summed E-state index contributed by atoms with van der Waals surface area (Å²) in [6, 6.07) is 11.5. The Balaban J connectivity index is 2.40. The minimum atomic E-state index is -3.66. The van der Waals surface area contributed by atoms with Gasteiger partial charge >= 0.3 is 0 Å². The fourth-order valence-corrected chi connectivity index (χ4v) is 2.93. The smallest absolute Gasteiger partial charge is 0.261 e. The van der Waals surface area contributed by atoms with Crippen LogP contribution in [0.2, 0.25) is 5.02 Å². The van der Waals surface area contributed by atoms with Crippen LogP contribution >= 0.6 is 11.6 Å². The average Bonchev–Trinajstić information content (AvgIpc) is 2.36. The Bertz CT molecular complexity index is 677. The first-order valence-corrected chi connectivity index (χ1v) is 7.40. The number of hydrogen-bond acceptors (Lipinski definition) is 3. The number of nitrogens with one attached hydrogen (secondary N) is 1. The number of benzene rings is 2. The van der Waals surface area contributed by atoms with E-state index in [9.17, 15) is 8.42 Å². The minimum Gasteiger partial charge on any atom is -0.397 e. The van der Waals surface area contributed by atoms with Crippen molar-refractivity contribution >= 4 is 33.0 Å². The van der Waals surface area contributed by atoms with E-state index in [0.717, 1.165) is 0 Å². The largest absolute Gasteiger partial charge is 0.397 e. The summed E-state index contributed by atoms with van der Waals surface area (Å²) in [6.07, 6.45) is 0. The molecule has 0 atom stereocenters. The van der Waals surface area contributed by atoms with E-state index >= 15 is 0 Å². The first-order valence-electron chi connectivity index (χ1n) is 5.53. The average molecular weight is 297 g/mol. The molecule has 0 aliphatic rings. The molecule has 0 saturated carbocycles. The summed E-state index contributed by atoms with van der Waals surface area (Å²) in [7, 11) is -3.66. The van der Waals surface area contributed by atoms with E-state index in [1.54, 1.807) is 31.2 Å². The Labute approximate surface area is 117 Å². The number of anilines is 2. The maximum atomic E-state index is 12.2. The Hall–Kier alpha value is -1.72. The highest BCUT2D eigenvalue weighted by Gasteiger charge is 2.16. The molecule has 0 bridgehead atoms. The minimum absolute atomic E-state index is 0.0933. The fourth-order valence-electron chi connectivity index (χ4n) is 1.64. The molecule has 6 heteroatoms. The number of halogens is 1. The van der Waals surface area contributed by atoms with Gasteiger partial charge in [-0.25, -0.2) is 8.42 Å². The van der Waals surface area contributed by atoms with Gasteiger partial charge in [0.2, 0.25) is 0 Å². The molecule has 0 aliphatic carbocycles. The molecule has 2 aromatic rings. The number of hydrogen-bond donors (Lipinski definition) is 2. The van der Waals surface area contributed by atoms with Crippen LogP contribution in [-0.4, -0.2) is 8.42 Å². The topological polar surface area (TPSA) is 72.2 Å². The highest BCUT2D eigenvalue weighted by atomic mass is 35.5. The second-order valence-corrected chi connectivity index (χ2v) is 6.18. The molecule has 0 spiro atoms. The molecule has 3 N–H and O–H groups in total. The molecular formula is C13H13ClN2O2S. The molecule has 0 radical (unpaired) electrons. The molecule has 0 aliphatic heterocycles. The Morgan fingerprint density at radius 3 is 2.37 bits per heavy atom. The first-order chi connectivity index (χ1) is 8.90. The van der Waals surface area contributed by atoms with Crippen molar-refractivity contribution in [2.24, 2.45) is 0 Å². The van der Waals surface area contributed by atoms with Gasteiger partial charge in [0.05, 0.1) is 15.6 Å². The van der Waals surface area contributed by atoms with Crippen LogP contribution in [0.25, 0.3) is 0 Å². The summed E-state index contributed by atoms with van der Waals surface area (Å²) in [6.45, 7) is 1.71. The summed E-state index contributed by atoms with van der Waals surface area (Å²) >= 11 is 5.92. The predicted octanol–water partition coefficient (Wildman–Crippen LogP) is 3.03. The third kappa shape index (κ3) is 3.00. The molecule has 2 aromatic carbocycles. The van der Waals surface area contributed by atoms with E-state index in [-0.39, 0.29) is 10.6 Å². The number of para-hydroxylation sites is 1. The lowest BCUT2D eigenvalue weighted by molar-refractivity contribution is 0.601. The van der Waals surface area contributed by atoms with Crippen LogP contribution in [0.15, 0.2) is 47.4 Å². The van der Waals surface area contributed by atoms with E-state index in [1.807, 2.05) is 6.07 Å². The van der Waals surface area contributed by atoms with Gasteiger partial charge < -0.3 is 5.73 Å². The number of nitrogens with two attached hydrogens (primary N) is 1. The summed E-state index contributed by atoms with van der Waals surface area (Å²) < 4.78 is 26.9. The van der Waals surface area contributed by atoms with Crippen LogP contribution in [0, 0.1) is 6.92 Å². The van der Waals surface area contributed by atoms with Gasteiger partial charge in [-0.3, -0.25) is 4.72 Å². The van der Waals surface area contributed by atoms with Gasteiger partial charge in [0.15, 0.2) is 0 Å². The first kappa shape index (κ1) is 13.7. The van der Waals surface area contributed by atoms with Crippen molar-refractivity contribution in [3.63, 3.8) is 0 Å². The normalized spacial score (nSPS) is 11.3. The van der Waals surface area contributed by atoms with Crippen LogP contribution in [-0.2, 0) is 10.0 Å². The van der Waals surface area contributed by atoms with Crippen LogP contribution in [0.5, 0.6) is 0 Å². The zero-order chi connectivity index (χ0) is 14.0. The Kier molecular flexibility index (Phi) is 3.68. The zero-order valence-corrected chi connectivity index (χ0v) is 11.8. The second kappa shape index (κ2) is 5.11. The maximum Gasteiger partial charge on any atom is 0.261 e. The molecule has 0 unspecified atom stereocenters. The van der Waals surface area contributed by atoms with Gasteiger partial charge in [0.1, 0.15) is 0 Å². The molecule has 0 aromatic heterocycles. The molecule has 0 amide bonds. The van der Waals surface area contributed by atoms with Crippen molar-refractivity contribution in [3.05, 3.63) is 53.1 Å². The van der Waals surface area contributed by atoms with Crippen LogP contribution in [0.1, 0.15) is 5.56 Å². The zero-order valence-electron chi connectivity index (χ0n) is 10.2. The highest BCUT2D eigenvalue weighted by molar-refractivity contribution is 7.92. The molecule has 19 heavy (non-hydrogen) atoms. The molecule has 0 heterocycles. The molecule has 100 valence electrons. The lowest BCUT2D eigenvalue weighted by Gasteiger charge is -2.10. The van der Waals surface area contributed by atoms with Gasteiger partial charge in [0, 0.05) is 5.69 Å². The van der Waals surface area contributed by atoms with Crippen molar-refractivity contribution < 1.29 is 8.42 Å². The lowest BCUT2D eigenvalue weighted by Crippen LogP contribution is -2.13. The van der Waals surface area contributed by atoms with Gasteiger partial charge in [-0.2, -0.15) is 0 Å².